The molecule has 3 heterocycles. The molecule has 1 aliphatic heterocycles. The van der Waals surface area contributed by atoms with Crippen molar-refractivity contribution in [3.63, 3.8) is 0 Å². The lowest BCUT2D eigenvalue weighted by Crippen LogP contribution is -2.33. The number of aromatic nitrogens is 5. The predicted molar refractivity (Wildman–Crippen MR) is 133 cm³/mol. The molecule has 1 aliphatic rings. The number of hydrogen-bond acceptors (Lipinski definition) is 9. The Morgan fingerprint density at radius 2 is 2.00 bits per heavy atom. The highest BCUT2D eigenvalue weighted by molar-refractivity contribution is 7.98. The lowest BCUT2D eigenvalue weighted by Gasteiger charge is -2.21. The summed E-state index contributed by atoms with van der Waals surface area (Å²) < 4.78 is 6.85. The minimum atomic E-state index is -0.578. The number of amides is 2. The molecule has 2 amide bonds. The molecule has 0 saturated carbocycles. The second-order valence-corrected chi connectivity index (χ2v) is 9.78. The van der Waals surface area contributed by atoms with Crippen LogP contribution in [0.1, 0.15) is 36.8 Å². The Kier molecular flexibility index (Phi) is 6.92. The molecule has 4 rings (SSSR count). The van der Waals surface area contributed by atoms with Crippen LogP contribution in [0.2, 0.25) is 0 Å². The number of nitrogens with zero attached hydrogens (tertiary/aromatic N) is 7. The zero-order valence-electron chi connectivity index (χ0n) is 20.3. The number of alkyl carbamates (subject to hydrolysis) is 1. The zero-order valence-corrected chi connectivity index (χ0v) is 21.2. The monoisotopic (exact) mass is 496 g/mol. The van der Waals surface area contributed by atoms with Gasteiger partial charge in [0, 0.05) is 32.0 Å². The third kappa shape index (κ3) is 5.70. The fourth-order valence-electron chi connectivity index (χ4n) is 3.53. The molecule has 3 aromatic rings. The van der Waals surface area contributed by atoms with Gasteiger partial charge < -0.3 is 19.9 Å². The highest BCUT2D eigenvalue weighted by Gasteiger charge is 2.28. The van der Waals surface area contributed by atoms with E-state index in [0.29, 0.717) is 35.3 Å². The van der Waals surface area contributed by atoms with Gasteiger partial charge in [0.25, 0.3) is 5.91 Å². The molecule has 1 aromatic carbocycles. The molecule has 0 spiro atoms. The van der Waals surface area contributed by atoms with E-state index in [1.54, 1.807) is 42.7 Å². The Morgan fingerprint density at radius 3 is 2.74 bits per heavy atom. The number of fused-ring (bicyclic) bond motifs is 1. The lowest BCUT2D eigenvalue weighted by molar-refractivity contribution is 0.0522. The average Bonchev–Trinajstić information content (AvgIpc) is 3.26. The quantitative estimate of drug-likeness (QED) is 0.420. The SMILES string of the molecule is CSc1ncc2c(n1)N(C)CCN(c1cccc(-n3cc(CNC(=O)OC(C)(C)C)nn3)c1)C2=O. The van der Waals surface area contributed by atoms with Crippen molar-refractivity contribution in [1.82, 2.24) is 30.3 Å². The summed E-state index contributed by atoms with van der Waals surface area (Å²) in [6, 6.07) is 7.49. The first kappa shape index (κ1) is 24.5. The number of rotatable bonds is 5. The number of likely N-dealkylation sites (N-methyl/N-ethyl adjacent to an activating group) is 1. The summed E-state index contributed by atoms with van der Waals surface area (Å²) in [7, 11) is 1.92. The maximum Gasteiger partial charge on any atom is 0.407 e. The van der Waals surface area contributed by atoms with E-state index in [0.717, 1.165) is 11.4 Å². The van der Waals surface area contributed by atoms with Crippen molar-refractivity contribution in [2.24, 2.45) is 0 Å². The first-order valence-electron chi connectivity index (χ1n) is 11.1. The van der Waals surface area contributed by atoms with Crippen LogP contribution in [0.5, 0.6) is 0 Å². The van der Waals surface area contributed by atoms with Crippen LogP contribution in [0, 0.1) is 0 Å². The number of anilines is 2. The standard InChI is InChI=1S/C23H28N8O3S/c1-23(2,3)34-22(33)25-12-15-14-31(28-27-15)17-8-6-7-16(11-17)30-10-9-29(4)19-18(20(30)32)13-24-21(26-19)35-5/h6-8,11,13-14H,9-10,12H2,1-5H3,(H,25,33). The van der Waals surface area contributed by atoms with Gasteiger partial charge in [0.1, 0.15) is 22.7 Å². The number of thioether (sulfide) groups is 1. The summed E-state index contributed by atoms with van der Waals surface area (Å²) in [5.41, 5.74) is 1.92. The van der Waals surface area contributed by atoms with Crippen molar-refractivity contribution in [2.45, 2.75) is 38.1 Å². The third-order valence-electron chi connectivity index (χ3n) is 5.18. The Balaban J connectivity index is 1.52. The van der Waals surface area contributed by atoms with E-state index in [1.807, 2.05) is 42.5 Å². The normalized spacial score (nSPS) is 13.9. The topological polar surface area (TPSA) is 118 Å². The number of carbonyl (C=O) groups excluding carboxylic acids is 2. The number of carbonyl (C=O) groups is 2. The summed E-state index contributed by atoms with van der Waals surface area (Å²) in [4.78, 5) is 37.8. The molecule has 0 radical (unpaired) electrons. The van der Waals surface area contributed by atoms with E-state index in [9.17, 15) is 9.59 Å². The summed E-state index contributed by atoms with van der Waals surface area (Å²) in [5.74, 6) is 0.474. The summed E-state index contributed by atoms with van der Waals surface area (Å²) >= 11 is 1.44. The molecule has 11 nitrogen and oxygen atoms in total. The van der Waals surface area contributed by atoms with Crippen molar-refractivity contribution in [2.75, 3.05) is 36.2 Å². The van der Waals surface area contributed by atoms with Gasteiger partial charge in [-0.1, -0.05) is 23.0 Å². The second-order valence-electron chi connectivity index (χ2n) is 9.00. The molecule has 0 atom stereocenters. The summed E-state index contributed by atoms with van der Waals surface area (Å²) in [5, 5.41) is 11.6. The van der Waals surface area contributed by atoms with E-state index in [1.165, 1.54) is 11.8 Å². The van der Waals surface area contributed by atoms with Gasteiger partial charge in [0.05, 0.1) is 18.4 Å². The van der Waals surface area contributed by atoms with Crippen molar-refractivity contribution in [3.05, 3.63) is 47.9 Å². The van der Waals surface area contributed by atoms with Gasteiger partial charge in [-0.2, -0.15) is 0 Å². The van der Waals surface area contributed by atoms with E-state index in [2.05, 4.69) is 25.6 Å². The van der Waals surface area contributed by atoms with Crippen molar-refractivity contribution < 1.29 is 14.3 Å². The van der Waals surface area contributed by atoms with Crippen molar-refractivity contribution >= 4 is 35.3 Å². The summed E-state index contributed by atoms with van der Waals surface area (Å²) in [6.07, 6.45) is 4.70. The van der Waals surface area contributed by atoms with Gasteiger partial charge >= 0.3 is 6.09 Å². The Morgan fingerprint density at radius 1 is 1.23 bits per heavy atom. The lowest BCUT2D eigenvalue weighted by atomic mass is 10.2. The first-order valence-corrected chi connectivity index (χ1v) is 12.3. The van der Waals surface area contributed by atoms with Crippen LogP contribution in [0.3, 0.4) is 0 Å². The molecule has 0 bridgehead atoms. The third-order valence-corrected chi connectivity index (χ3v) is 5.75. The van der Waals surface area contributed by atoms with Gasteiger partial charge in [0.15, 0.2) is 5.16 Å². The van der Waals surface area contributed by atoms with Crippen molar-refractivity contribution in [3.8, 4) is 5.69 Å². The molecule has 184 valence electrons. The average molecular weight is 497 g/mol. The van der Waals surface area contributed by atoms with Crippen LogP contribution in [0.4, 0.5) is 16.3 Å². The van der Waals surface area contributed by atoms with Gasteiger partial charge in [-0.15, -0.1) is 5.10 Å². The van der Waals surface area contributed by atoms with Gasteiger partial charge in [-0.25, -0.2) is 19.4 Å². The predicted octanol–water partition coefficient (Wildman–Crippen LogP) is 2.90. The Hall–Kier alpha value is -3.67. The molecular weight excluding hydrogens is 468 g/mol. The first-order chi connectivity index (χ1) is 16.6. The number of hydrogen-bond donors (Lipinski definition) is 1. The van der Waals surface area contributed by atoms with E-state index < -0.39 is 11.7 Å². The number of nitrogens with one attached hydrogen (secondary N) is 1. The number of benzene rings is 1. The minimum absolute atomic E-state index is 0.157. The maximum absolute atomic E-state index is 13.4. The molecule has 35 heavy (non-hydrogen) atoms. The molecule has 2 aromatic heterocycles. The Labute approximate surface area is 207 Å². The molecule has 0 fully saturated rings. The van der Waals surface area contributed by atoms with E-state index in [-0.39, 0.29) is 12.5 Å². The van der Waals surface area contributed by atoms with Gasteiger partial charge in [0.2, 0.25) is 0 Å². The molecule has 1 N–H and O–H groups in total. The van der Waals surface area contributed by atoms with Crippen LogP contribution in [-0.2, 0) is 11.3 Å². The molecular formula is C23H28N8O3S. The van der Waals surface area contributed by atoms with Crippen LogP contribution in [0.25, 0.3) is 5.69 Å². The second kappa shape index (κ2) is 9.90. The smallest absolute Gasteiger partial charge is 0.407 e. The number of ether oxygens (including phenoxy) is 1. The van der Waals surface area contributed by atoms with Crippen LogP contribution in [-0.4, -0.2) is 69.0 Å². The summed E-state index contributed by atoms with van der Waals surface area (Å²) in [6.45, 7) is 6.70. The van der Waals surface area contributed by atoms with Gasteiger partial charge in [-0.3, -0.25) is 4.79 Å². The fourth-order valence-corrected chi connectivity index (χ4v) is 3.87. The van der Waals surface area contributed by atoms with Gasteiger partial charge in [-0.05, 0) is 45.2 Å². The Bertz CT molecular complexity index is 1240. The fraction of sp³-hybridized carbons (Fsp3) is 0.391. The van der Waals surface area contributed by atoms with Crippen LogP contribution >= 0.6 is 11.8 Å². The van der Waals surface area contributed by atoms with Crippen LogP contribution in [0.15, 0.2) is 41.8 Å². The molecule has 0 saturated heterocycles. The largest absolute Gasteiger partial charge is 0.444 e. The van der Waals surface area contributed by atoms with E-state index >= 15 is 0 Å². The zero-order chi connectivity index (χ0) is 25.2. The van der Waals surface area contributed by atoms with E-state index in [4.69, 9.17) is 4.74 Å². The minimum Gasteiger partial charge on any atom is -0.444 e. The highest BCUT2D eigenvalue weighted by atomic mass is 32.2. The molecule has 0 aliphatic carbocycles. The van der Waals surface area contributed by atoms with Crippen molar-refractivity contribution in [1.29, 1.82) is 0 Å². The highest BCUT2D eigenvalue weighted by Crippen LogP contribution is 2.27. The molecule has 0 unspecified atom stereocenters. The van der Waals surface area contributed by atoms with Crippen LogP contribution < -0.4 is 15.1 Å². The maximum atomic E-state index is 13.4. The molecule has 12 heteroatoms.